The van der Waals surface area contributed by atoms with Crippen molar-refractivity contribution in [2.75, 3.05) is 27.9 Å². The van der Waals surface area contributed by atoms with Gasteiger partial charge < -0.3 is 53.6 Å². The molecule has 0 saturated carbocycles. The quantitative estimate of drug-likeness (QED) is 0.298. The highest BCUT2D eigenvalue weighted by Gasteiger charge is 2.45. The van der Waals surface area contributed by atoms with Gasteiger partial charge in [0, 0.05) is 12.1 Å². The number of fused-ring (bicyclic) bond motifs is 1. The fourth-order valence-electron chi connectivity index (χ4n) is 3.99. The molecule has 0 radical (unpaired) electrons. The van der Waals surface area contributed by atoms with E-state index < -0.39 is 42.7 Å². The van der Waals surface area contributed by atoms with Crippen LogP contribution in [0.2, 0.25) is 0 Å². The minimum Gasteiger partial charge on any atom is -0.507 e. The number of hydrogen-bond donors (Lipinski definition) is 5. The Morgan fingerprint density at radius 1 is 0.917 bits per heavy atom. The van der Waals surface area contributed by atoms with Crippen molar-refractivity contribution >= 4 is 11.0 Å². The molecule has 2 heterocycles. The van der Waals surface area contributed by atoms with Crippen molar-refractivity contribution in [3.05, 3.63) is 40.8 Å². The first kappa shape index (κ1) is 25.5. The normalized spacial score (nSPS) is 23.9. The summed E-state index contributed by atoms with van der Waals surface area (Å²) >= 11 is 0. The summed E-state index contributed by atoms with van der Waals surface area (Å²) < 4.78 is 32.6. The predicted octanol–water partition coefficient (Wildman–Crippen LogP) is 0.370. The third-order valence-corrected chi connectivity index (χ3v) is 5.91. The summed E-state index contributed by atoms with van der Waals surface area (Å²) in [6, 6.07) is 5.62. The van der Waals surface area contributed by atoms with Gasteiger partial charge in [0.25, 0.3) is 0 Å². The maximum Gasteiger partial charge on any atom is 0.229 e. The van der Waals surface area contributed by atoms with Gasteiger partial charge in [-0.15, -0.1) is 0 Å². The molecule has 1 aromatic heterocycles. The van der Waals surface area contributed by atoms with E-state index in [0.29, 0.717) is 5.75 Å². The highest BCUT2D eigenvalue weighted by Crippen LogP contribution is 2.42. The van der Waals surface area contributed by atoms with Crippen LogP contribution >= 0.6 is 0 Å². The maximum atomic E-state index is 13.3. The zero-order valence-corrected chi connectivity index (χ0v) is 19.6. The van der Waals surface area contributed by atoms with E-state index in [1.54, 1.807) is 0 Å². The van der Waals surface area contributed by atoms with Crippen LogP contribution in [0.15, 0.2) is 39.7 Å². The van der Waals surface area contributed by atoms with Gasteiger partial charge in [-0.05, 0) is 17.7 Å². The molecule has 0 spiro atoms. The number of rotatable bonds is 7. The Kier molecular flexibility index (Phi) is 7.24. The lowest BCUT2D eigenvalue weighted by Gasteiger charge is -2.39. The van der Waals surface area contributed by atoms with E-state index in [4.69, 9.17) is 28.1 Å². The summed E-state index contributed by atoms with van der Waals surface area (Å²) in [5.74, 6) is 0.147. The van der Waals surface area contributed by atoms with E-state index in [1.165, 1.54) is 51.9 Å². The van der Waals surface area contributed by atoms with Gasteiger partial charge >= 0.3 is 0 Å². The molecule has 12 nitrogen and oxygen atoms in total. The zero-order valence-electron chi connectivity index (χ0n) is 19.6. The predicted molar refractivity (Wildman–Crippen MR) is 124 cm³/mol. The highest BCUT2D eigenvalue weighted by molar-refractivity contribution is 5.88. The number of aromatic hydroxyl groups is 1. The van der Waals surface area contributed by atoms with Crippen LogP contribution in [0.5, 0.6) is 28.7 Å². The second-order valence-electron chi connectivity index (χ2n) is 8.02. The standard InChI is InChI=1S/C24H26O12/c1-31-11-6-13(26)18-14(7-11)34-9-12(19(18)27)10-4-15(32-2)23(33-3)16(5-10)35-24-22(30)21(29)20(28)17(8-25)36-24/h4-7,9,17,20-22,24-26,28-30H,8H2,1-3H3/t17-,20+,21-,22-,24+/m1/s1. The first-order valence-corrected chi connectivity index (χ1v) is 10.8. The molecule has 5 atom stereocenters. The third-order valence-electron chi connectivity index (χ3n) is 5.91. The molecule has 12 heteroatoms. The van der Waals surface area contributed by atoms with E-state index in [2.05, 4.69) is 0 Å². The highest BCUT2D eigenvalue weighted by atomic mass is 16.7. The first-order valence-electron chi connectivity index (χ1n) is 10.8. The van der Waals surface area contributed by atoms with Crippen LogP contribution in [0.1, 0.15) is 0 Å². The smallest absolute Gasteiger partial charge is 0.229 e. The average molecular weight is 506 g/mol. The van der Waals surface area contributed by atoms with Crippen molar-refractivity contribution in [2.45, 2.75) is 30.7 Å². The monoisotopic (exact) mass is 506 g/mol. The van der Waals surface area contributed by atoms with Crippen LogP contribution in [0.4, 0.5) is 0 Å². The lowest BCUT2D eigenvalue weighted by molar-refractivity contribution is -0.277. The molecule has 5 N–H and O–H groups in total. The SMILES string of the molecule is COc1cc(O)c2c(=O)c(-c3cc(OC)c(OC)c(O[C@H]4O[C@H](CO)[C@H](O)[C@@H](O)[C@H]4O)c3)coc2c1. The van der Waals surface area contributed by atoms with Crippen LogP contribution in [-0.2, 0) is 4.74 Å². The molecule has 36 heavy (non-hydrogen) atoms. The summed E-state index contributed by atoms with van der Waals surface area (Å²) in [6.45, 7) is -0.641. The van der Waals surface area contributed by atoms with Crippen molar-refractivity contribution in [1.82, 2.24) is 0 Å². The van der Waals surface area contributed by atoms with Crippen LogP contribution in [0.25, 0.3) is 22.1 Å². The number of aliphatic hydroxyl groups is 4. The molecule has 1 aliphatic rings. The largest absolute Gasteiger partial charge is 0.507 e. The Bertz CT molecular complexity index is 1300. The van der Waals surface area contributed by atoms with E-state index in [1.807, 2.05) is 0 Å². The molecule has 0 unspecified atom stereocenters. The van der Waals surface area contributed by atoms with Gasteiger partial charge in [0.2, 0.25) is 17.5 Å². The summed E-state index contributed by atoms with van der Waals surface area (Å²) in [4.78, 5) is 13.3. The van der Waals surface area contributed by atoms with Crippen molar-refractivity contribution in [3.63, 3.8) is 0 Å². The first-order chi connectivity index (χ1) is 17.2. The van der Waals surface area contributed by atoms with Gasteiger partial charge in [-0.1, -0.05) is 0 Å². The number of ether oxygens (including phenoxy) is 5. The van der Waals surface area contributed by atoms with Gasteiger partial charge in [0.05, 0.1) is 33.5 Å². The van der Waals surface area contributed by atoms with Crippen molar-refractivity contribution in [3.8, 4) is 39.9 Å². The van der Waals surface area contributed by atoms with E-state index in [-0.39, 0.29) is 45.1 Å². The van der Waals surface area contributed by atoms with E-state index >= 15 is 0 Å². The number of methoxy groups -OCH3 is 3. The number of hydrogen-bond acceptors (Lipinski definition) is 12. The van der Waals surface area contributed by atoms with Crippen LogP contribution < -0.4 is 24.4 Å². The Morgan fingerprint density at radius 3 is 2.28 bits per heavy atom. The molecular formula is C24H26O12. The van der Waals surface area contributed by atoms with Gasteiger partial charge in [-0.2, -0.15) is 0 Å². The lowest BCUT2D eigenvalue weighted by atomic mass is 9.99. The molecule has 1 saturated heterocycles. The topological polar surface area (TPSA) is 178 Å². The molecule has 4 rings (SSSR count). The Labute approximate surface area is 204 Å². The molecule has 0 aliphatic carbocycles. The molecule has 1 fully saturated rings. The molecule has 0 bridgehead atoms. The molecule has 3 aromatic rings. The maximum absolute atomic E-state index is 13.3. The second kappa shape index (κ2) is 10.2. The molecule has 194 valence electrons. The summed E-state index contributed by atoms with van der Waals surface area (Å²) in [6.07, 6.45) is -6.43. The molecule has 2 aromatic carbocycles. The number of phenols is 1. The third kappa shape index (κ3) is 4.40. The fourth-order valence-corrected chi connectivity index (χ4v) is 3.99. The van der Waals surface area contributed by atoms with Crippen molar-refractivity contribution < 1.29 is 53.6 Å². The Morgan fingerprint density at radius 2 is 1.64 bits per heavy atom. The average Bonchev–Trinajstić information content (AvgIpc) is 2.88. The summed E-state index contributed by atoms with van der Waals surface area (Å²) in [5, 5.41) is 50.3. The van der Waals surface area contributed by atoms with Crippen LogP contribution in [0.3, 0.4) is 0 Å². The zero-order chi connectivity index (χ0) is 26.1. The van der Waals surface area contributed by atoms with Gasteiger partial charge in [0.1, 0.15) is 53.1 Å². The van der Waals surface area contributed by atoms with Crippen molar-refractivity contribution in [2.24, 2.45) is 0 Å². The number of aliphatic hydroxyl groups excluding tert-OH is 4. The van der Waals surface area contributed by atoms with Crippen LogP contribution in [0, 0.1) is 0 Å². The van der Waals surface area contributed by atoms with Gasteiger partial charge in [-0.25, -0.2) is 0 Å². The Hall–Kier alpha value is -3.55. The lowest BCUT2D eigenvalue weighted by Crippen LogP contribution is -2.60. The van der Waals surface area contributed by atoms with Crippen molar-refractivity contribution in [1.29, 1.82) is 0 Å². The second-order valence-corrected chi connectivity index (χ2v) is 8.02. The van der Waals surface area contributed by atoms with Gasteiger partial charge in [0.15, 0.2) is 11.5 Å². The fraction of sp³-hybridized carbons (Fsp3) is 0.375. The molecular weight excluding hydrogens is 480 g/mol. The minimum atomic E-state index is -1.68. The molecule has 0 amide bonds. The number of phenolic OH excluding ortho intramolecular Hbond substituents is 1. The minimum absolute atomic E-state index is 0.0440. The summed E-state index contributed by atoms with van der Waals surface area (Å²) in [7, 11) is 4.11. The van der Waals surface area contributed by atoms with E-state index in [9.17, 15) is 30.3 Å². The number of benzene rings is 2. The van der Waals surface area contributed by atoms with E-state index in [0.717, 1.165) is 0 Å². The molecule has 1 aliphatic heterocycles. The Balaban J connectivity index is 1.81. The van der Waals surface area contributed by atoms with Gasteiger partial charge in [-0.3, -0.25) is 4.79 Å². The summed E-state index contributed by atoms with van der Waals surface area (Å²) in [5.41, 5.74) is -0.151. The van der Waals surface area contributed by atoms with Crippen LogP contribution in [-0.4, -0.2) is 84.2 Å².